The van der Waals surface area contributed by atoms with E-state index in [1.807, 2.05) is 0 Å². The number of carboxylic acids is 1. The van der Waals surface area contributed by atoms with E-state index in [0.717, 1.165) is 12.8 Å². The van der Waals surface area contributed by atoms with Crippen LogP contribution in [-0.4, -0.2) is 28.7 Å². The summed E-state index contributed by atoms with van der Waals surface area (Å²) in [5.74, 6) is -0.718. The van der Waals surface area contributed by atoms with E-state index in [0.29, 0.717) is 29.2 Å². The van der Waals surface area contributed by atoms with Gasteiger partial charge in [0.05, 0.1) is 12.2 Å². The van der Waals surface area contributed by atoms with Gasteiger partial charge in [0.1, 0.15) is 5.75 Å². The molecule has 0 spiro atoms. The van der Waals surface area contributed by atoms with Crippen molar-refractivity contribution in [2.24, 2.45) is 0 Å². The highest BCUT2D eigenvalue weighted by Crippen LogP contribution is 2.17. The summed E-state index contributed by atoms with van der Waals surface area (Å²) in [5, 5.41) is 14.7. The van der Waals surface area contributed by atoms with Gasteiger partial charge in [0.25, 0.3) is 5.91 Å². The molecular formula is C20H22N2O4S. The molecule has 1 amide bonds. The van der Waals surface area contributed by atoms with Gasteiger partial charge in [-0.1, -0.05) is 19.4 Å². The Bertz CT molecular complexity index is 852. The number of aryl methyl sites for hydroxylation is 1. The van der Waals surface area contributed by atoms with Crippen molar-refractivity contribution < 1.29 is 19.4 Å². The molecule has 0 aliphatic carbocycles. The van der Waals surface area contributed by atoms with Gasteiger partial charge in [-0.25, -0.2) is 4.79 Å². The summed E-state index contributed by atoms with van der Waals surface area (Å²) < 4.78 is 5.61. The number of carboxylic acid groups (broad SMARTS) is 1. The summed E-state index contributed by atoms with van der Waals surface area (Å²) >= 11 is 5.18. The lowest BCUT2D eigenvalue weighted by atomic mass is 10.1. The van der Waals surface area contributed by atoms with Gasteiger partial charge in [-0.15, -0.1) is 0 Å². The molecule has 0 atom stereocenters. The van der Waals surface area contributed by atoms with Crippen LogP contribution in [0.2, 0.25) is 0 Å². The number of amides is 1. The predicted molar refractivity (Wildman–Crippen MR) is 109 cm³/mol. The van der Waals surface area contributed by atoms with Gasteiger partial charge in [0.15, 0.2) is 5.11 Å². The molecule has 2 aromatic rings. The highest BCUT2D eigenvalue weighted by atomic mass is 32.1. The number of carbonyl (C=O) groups excluding carboxylic acids is 1. The first-order valence-electron chi connectivity index (χ1n) is 8.60. The summed E-state index contributed by atoms with van der Waals surface area (Å²) in [7, 11) is 0. The third kappa shape index (κ3) is 6.07. The first kappa shape index (κ1) is 20.4. The van der Waals surface area contributed by atoms with Crippen molar-refractivity contribution in [2.45, 2.75) is 26.7 Å². The zero-order valence-electron chi connectivity index (χ0n) is 15.2. The van der Waals surface area contributed by atoms with Crippen LogP contribution in [-0.2, 0) is 0 Å². The molecule has 0 fully saturated rings. The van der Waals surface area contributed by atoms with Gasteiger partial charge in [-0.2, -0.15) is 0 Å². The van der Waals surface area contributed by atoms with Crippen molar-refractivity contribution in [3.63, 3.8) is 0 Å². The van der Waals surface area contributed by atoms with Crippen LogP contribution >= 0.6 is 12.2 Å². The lowest BCUT2D eigenvalue weighted by molar-refractivity contribution is 0.0696. The molecule has 0 saturated heterocycles. The fraction of sp³-hybridized carbons (Fsp3) is 0.250. The molecule has 2 rings (SSSR count). The number of unbranched alkanes of at least 4 members (excludes halogenated alkanes) is 1. The van der Waals surface area contributed by atoms with Crippen molar-refractivity contribution in [1.29, 1.82) is 0 Å². The molecular weight excluding hydrogens is 364 g/mol. The SMILES string of the molecule is CCCCOc1cccc(C(=O)NC(=S)Nc2ccc(C(=O)O)cc2C)c1. The lowest BCUT2D eigenvalue weighted by Crippen LogP contribution is -2.34. The molecule has 0 aliphatic heterocycles. The van der Waals surface area contributed by atoms with Crippen molar-refractivity contribution in [2.75, 3.05) is 11.9 Å². The molecule has 3 N–H and O–H groups in total. The fourth-order valence-electron chi connectivity index (χ4n) is 2.33. The van der Waals surface area contributed by atoms with Gasteiger partial charge in [0, 0.05) is 11.3 Å². The minimum absolute atomic E-state index is 0.128. The molecule has 6 nitrogen and oxygen atoms in total. The maximum absolute atomic E-state index is 12.4. The van der Waals surface area contributed by atoms with Crippen LogP contribution in [0.5, 0.6) is 5.75 Å². The molecule has 0 bridgehead atoms. The van der Waals surface area contributed by atoms with Gasteiger partial charge in [-0.05, 0) is 67.5 Å². The lowest BCUT2D eigenvalue weighted by Gasteiger charge is -2.13. The van der Waals surface area contributed by atoms with Crippen LogP contribution in [0.4, 0.5) is 5.69 Å². The maximum Gasteiger partial charge on any atom is 0.335 e. The highest BCUT2D eigenvalue weighted by molar-refractivity contribution is 7.80. The molecule has 27 heavy (non-hydrogen) atoms. The Hall–Kier alpha value is -2.93. The third-order valence-corrected chi connectivity index (χ3v) is 4.02. The number of hydrogen-bond acceptors (Lipinski definition) is 4. The van der Waals surface area contributed by atoms with E-state index in [9.17, 15) is 9.59 Å². The van der Waals surface area contributed by atoms with Gasteiger partial charge >= 0.3 is 5.97 Å². The van der Waals surface area contributed by atoms with E-state index >= 15 is 0 Å². The van der Waals surface area contributed by atoms with Crippen LogP contribution < -0.4 is 15.4 Å². The Morgan fingerprint density at radius 3 is 2.59 bits per heavy atom. The van der Waals surface area contributed by atoms with E-state index in [1.54, 1.807) is 37.3 Å². The van der Waals surface area contributed by atoms with Crippen LogP contribution in [0, 0.1) is 6.92 Å². The molecule has 0 aliphatic rings. The van der Waals surface area contributed by atoms with Gasteiger partial charge in [0.2, 0.25) is 0 Å². The number of hydrogen-bond donors (Lipinski definition) is 3. The zero-order chi connectivity index (χ0) is 19.8. The zero-order valence-corrected chi connectivity index (χ0v) is 16.1. The molecule has 0 heterocycles. The maximum atomic E-state index is 12.4. The summed E-state index contributed by atoms with van der Waals surface area (Å²) in [4.78, 5) is 23.4. The van der Waals surface area contributed by atoms with Crippen LogP contribution in [0.15, 0.2) is 42.5 Å². The van der Waals surface area contributed by atoms with Crippen molar-refractivity contribution in [3.8, 4) is 5.75 Å². The Labute approximate surface area is 163 Å². The summed E-state index contributed by atoms with van der Waals surface area (Å²) in [6, 6.07) is 11.5. The normalized spacial score (nSPS) is 10.1. The molecule has 142 valence electrons. The molecule has 0 aromatic heterocycles. The van der Waals surface area contributed by atoms with Crippen molar-refractivity contribution >= 4 is 34.9 Å². The fourth-order valence-corrected chi connectivity index (χ4v) is 2.53. The number of thiocarbonyl (C=S) groups is 1. The number of benzene rings is 2. The first-order valence-corrected chi connectivity index (χ1v) is 9.00. The second-order valence-corrected chi connectivity index (χ2v) is 6.38. The average molecular weight is 386 g/mol. The standard InChI is InChI=1S/C20H22N2O4S/c1-3-4-10-26-16-7-5-6-14(12-16)18(23)22-20(27)21-17-9-8-15(19(24)25)11-13(17)2/h5-9,11-12H,3-4,10H2,1-2H3,(H,24,25)(H2,21,22,23,27). The van der Waals surface area contributed by atoms with Crippen molar-refractivity contribution in [1.82, 2.24) is 5.32 Å². The summed E-state index contributed by atoms with van der Waals surface area (Å²) in [6.45, 7) is 4.45. The smallest absolute Gasteiger partial charge is 0.335 e. The Morgan fingerprint density at radius 2 is 1.93 bits per heavy atom. The molecule has 0 unspecified atom stereocenters. The van der Waals surface area contributed by atoms with E-state index < -0.39 is 5.97 Å². The summed E-state index contributed by atoms with van der Waals surface area (Å²) in [5.41, 5.74) is 1.96. The monoisotopic (exact) mass is 386 g/mol. The second kappa shape index (κ2) is 9.68. The second-order valence-electron chi connectivity index (χ2n) is 5.97. The molecule has 2 aromatic carbocycles. The van der Waals surface area contributed by atoms with E-state index in [1.165, 1.54) is 12.1 Å². The quantitative estimate of drug-likeness (QED) is 0.492. The number of anilines is 1. The largest absolute Gasteiger partial charge is 0.494 e. The van der Waals surface area contributed by atoms with Gasteiger partial charge in [-0.3, -0.25) is 10.1 Å². The number of carbonyl (C=O) groups is 2. The Kier molecular flexibility index (Phi) is 7.31. The van der Waals surface area contributed by atoms with Gasteiger partial charge < -0.3 is 15.2 Å². The van der Waals surface area contributed by atoms with Crippen LogP contribution in [0.3, 0.4) is 0 Å². The van der Waals surface area contributed by atoms with Crippen LogP contribution in [0.1, 0.15) is 46.0 Å². The number of aromatic carboxylic acids is 1. The molecule has 7 heteroatoms. The number of nitrogens with one attached hydrogen (secondary N) is 2. The molecule has 0 saturated carbocycles. The molecule has 0 radical (unpaired) electrons. The minimum atomic E-state index is -0.999. The highest BCUT2D eigenvalue weighted by Gasteiger charge is 2.11. The predicted octanol–water partition coefficient (Wildman–Crippen LogP) is 4.00. The number of rotatable bonds is 7. The first-order chi connectivity index (χ1) is 12.9. The minimum Gasteiger partial charge on any atom is -0.494 e. The number of ether oxygens (including phenoxy) is 1. The Morgan fingerprint density at radius 1 is 1.15 bits per heavy atom. The average Bonchev–Trinajstić information content (AvgIpc) is 2.63. The summed E-state index contributed by atoms with van der Waals surface area (Å²) in [6.07, 6.45) is 1.98. The van der Waals surface area contributed by atoms with E-state index in [-0.39, 0.29) is 16.6 Å². The van der Waals surface area contributed by atoms with E-state index in [4.69, 9.17) is 22.1 Å². The third-order valence-electron chi connectivity index (χ3n) is 3.81. The topological polar surface area (TPSA) is 87.7 Å². The van der Waals surface area contributed by atoms with Crippen LogP contribution in [0.25, 0.3) is 0 Å². The Balaban J connectivity index is 1.98. The van der Waals surface area contributed by atoms with E-state index in [2.05, 4.69) is 17.6 Å². The van der Waals surface area contributed by atoms with Crippen molar-refractivity contribution in [3.05, 3.63) is 59.2 Å².